The molecule has 1 amide bonds. The molecule has 0 bridgehead atoms. The van der Waals surface area contributed by atoms with Crippen molar-refractivity contribution < 1.29 is 22.7 Å². The maximum atomic E-state index is 13.0. The van der Waals surface area contributed by atoms with E-state index in [1.807, 2.05) is 0 Å². The average Bonchev–Trinajstić information content (AvgIpc) is 3.03. The van der Waals surface area contributed by atoms with Crippen LogP contribution < -0.4 is 15.4 Å². The number of amides is 1. The van der Waals surface area contributed by atoms with Crippen molar-refractivity contribution in [2.24, 2.45) is 0 Å². The predicted octanol–water partition coefficient (Wildman–Crippen LogP) is 2.69. The van der Waals surface area contributed by atoms with Gasteiger partial charge in [0.05, 0.1) is 11.6 Å². The summed E-state index contributed by atoms with van der Waals surface area (Å²) in [6.45, 7) is 2.94. The van der Waals surface area contributed by atoms with Crippen LogP contribution in [0.4, 0.5) is 13.2 Å². The van der Waals surface area contributed by atoms with Crippen molar-refractivity contribution in [1.82, 2.24) is 20.8 Å². The van der Waals surface area contributed by atoms with E-state index in [9.17, 15) is 18.0 Å². The van der Waals surface area contributed by atoms with Gasteiger partial charge in [-0.1, -0.05) is 12.1 Å². The number of hydrogen-bond donors (Lipinski definition) is 3. The molecule has 6 nitrogen and oxygen atoms in total. The molecule has 1 unspecified atom stereocenters. The molecular weight excluding hydrogens is 385 g/mol. The third-order valence-corrected chi connectivity index (χ3v) is 4.08. The first-order chi connectivity index (χ1) is 12.4. The Bertz CT molecular complexity index is 795. The minimum atomic E-state index is -4.50. The Morgan fingerprint density at radius 2 is 2.11 bits per heavy atom. The maximum Gasteiger partial charge on any atom is 0.419 e. The minimum absolute atomic E-state index is 0. The Kier molecular flexibility index (Phi) is 6.72. The highest BCUT2D eigenvalue weighted by Gasteiger charge is 2.34. The number of carbonyl (C=O) groups is 1. The lowest BCUT2D eigenvalue weighted by Crippen LogP contribution is -2.38. The van der Waals surface area contributed by atoms with Crippen LogP contribution in [0.15, 0.2) is 24.3 Å². The molecule has 0 spiro atoms. The first-order valence-corrected chi connectivity index (χ1v) is 8.23. The van der Waals surface area contributed by atoms with Crippen LogP contribution in [0.5, 0.6) is 5.75 Å². The molecule has 3 rings (SSSR count). The number of halogens is 4. The molecule has 27 heavy (non-hydrogen) atoms. The number of ether oxygens (including phenoxy) is 1. The minimum Gasteiger partial charge on any atom is -0.491 e. The van der Waals surface area contributed by atoms with Crippen LogP contribution in [0.1, 0.15) is 34.2 Å². The number of para-hydroxylation sites is 1. The average molecular weight is 405 g/mol. The molecule has 1 aromatic heterocycles. The van der Waals surface area contributed by atoms with Gasteiger partial charge in [0.15, 0.2) is 5.69 Å². The highest BCUT2D eigenvalue weighted by molar-refractivity contribution is 5.94. The van der Waals surface area contributed by atoms with Gasteiger partial charge in [-0.2, -0.15) is 18.3 Å². The number of benzene rings is 1. The number of rotatable bonds is 5. The summed E-state index contributed by atoms with van der Waals surface area (Å²) < 4.78 is 44.2. The van der Waals surface area contributed by atoms with E-state index >= 15 is 0 Å². The molecule has 0 saturated heterocycles. The molecule has 0 radical (unpaired) electrons. The Hall–Kier alpha value is -2.26. The highest BCUT2D eigenvalue weighted by atomic mass is 35.5. The van der Waals surface area contributed by atoms with Gasteiger partial charge in [-0.05, 0) is 19.1 Å². The first-order valence-electron chi connectivity index (χ1n) is 8.23. The van der Waals surface area contributed by atoms with Crippen LogP contribution in [0.2, 0.25) is 0 Å². The van der Waals surface area contributed by atoms with Gasteiger partial charge >= 0.3 is 6.18 Å². The van der Waals surface area contributed by atoms with Crippen LogP contribution in [0.25, 0.3) is 0 Å². The number of hydrogen-bond acceptors (Lipinski definition) is 4. The SMILES string of the molecule is CC(COc1ccccc1C(F)(F)F)NC(=O)c1n[nH]c2c1CNCC2.Cl. The summed E-state index contributed by atoms with van der Waals surface area (Å²) in [5.41, 5.74) is 1.21. The van der Waals surface area contributed by atoms with E-state index in [-0.39, 0.29) is 30.7 Å². The maximum absolute atomic E-state index is 13.0. The number of alkyl halides is 3. The smallest absolute Gasteiger partial charge is 0.419 e. The lowest BCUT2D eigenvalue weighted by Gasteiger charge is -2.18. The Balaban J connectivity index is 0.00000261. The van der Waals surface area contributed by atoms with E-state index in [2.05, 4.69) is 20.8 Å². The van der Waals surface area contributed by atoms with Crippen LogP contribution >= 0.6 is 12.4 Å². The third kappa shape index (κ3) is 4.92. The monoisotopic (exact) mass is 404 g/mol. The molecular formula is C17H20ClF3N4O2. The summed E-state index contributed by atoms with van der Waals surface area (Å²) in [4.78, 5) is 12.4. The zero-order valence-electron chi connectivity index (χ0n) is 14.5. The Labute approximate surface area is 160 Å². The number of aromatic amines is 1. The van der Waals surface area contributed by atoms with Gasteiger partial charge in [-0.15, -0.1) is 12.4 Å². The molecule has 0 aliphatic carbocycles. The van der Waals surface area contributed by atoms with Crippen molar-refractivity contribution >= 4 is 18.3 Å². The molecule has 3 N–H and O–H groups in total. The van der Waals surface area contributed by atoms with Crippen molar-refractivity contribution in [3.8, 4) is 5.75 Å². The quantitative estimate of drug-likeness (QED) is 0.716. The number of carbonyl (C=O) groups excluding carboxylic acids is 1. The number of nitrogens with one attached hydrogen (secondary N) is 3. The second kappa shape index (κ2) is 8.62. The summed E-state index contributed by atoms with van der Waals surface area (Å²) in [5.74, 6) is -0.645. The van der Waals surface area contributed by atoms with Crippen LogP contribution in [0, 0.1) is 0 Å². The number of aromatic nitrogens is 2. The molecule has 2 heterocycles. The summed E-state index contributed by atoms with van der Waals surface area (Å²) in [7, 11) is 0. The van der Waals surface area contributed by atoms with Crippen molar-refractivity contribution in [3.05, 3.63) is 46.8 Å². The molecule has 1 aliphatic rings. The fourth-order valence-corrected chi connectivity index (χ4v) is 2.79. The fraction of sp³-hybridized carbons (Fsp3) is 0.412. The van der Waals surface area contributed by atoms with Crippen LogP contribution in [0.3, 0.4) is 0 Å². The van der Waals surface area contributed by atoms with Crippen molar-refractivity contribution in [2.45, 2.75) is 32.1 Å². The molecule has 148 valence electrons. The molecule has 10 heteroatoms. The Morgan fingerprint density at radius 1 is 1.37 bits per heavy atom. The van der Waals surface area contributed by atoms with Crippen LogP contribution in [-0.2, 0) is 19.1 Å². The second-order valence-electron chi connectivity index (χ2n) is 6.14. The van der Waals surface area contributed by atoms with E-state index in [0.717, 1.165) is 30.3 Å². The molecule has 1 aromatic carbocycles. The van der Waals surface area contributed by atoms with Crippen LogP contribution in [-0.4, -0.2) is 35.3 Å². The van der Waals surface area contributed by atoms with Crippen molar-refractivity contribution in [3.63, 3.8) is 0 Å². The van der Waals surface area contributed by atoms with E-state index < -0.39 is 17.8 Å². The normalized spacial score (nSPS) is 14.7. The fourth-order valence-electron chi connectivity index (χ4n) is 2.79. The molecule has 0 fully saturated rings. The zero-order valence-corrected chi connectivity index (χ0v) is 15.3. The van der Waals surface area contributed by atoms with E-state index in [0.29, 0.717) is 12.2 Å². The standard InChI is InChI=1S/C17H19F3N4O2.ClH/c1-10(9-26-14-5-3-2-4-12(14)17(18,19)20)22-16(25)15-11-8-21-7-6-13(11)23-24-15;/h2-5,10,21H,6-9H2,1H3,(H,22,25)(H,23,24);1H. The first kappa shape index (κ1) is 21.0. The van der Waals surface area contributed by atoms with E-state index in [1.54, 1.807) is 6.92 Å². The van der Waals surface area contributed by atoms with Gasteiger partial charge in [-0.25, -0.2) is 0 Å². The van der Waals surface area contributed by atoms with Gasteiger partial charge in [-0.3, -0.25) is 9.89 Å². The van der Waals surface area contributed by atoms with Gasteiger partial charge in [0.25, 0.3) is 5.91 Å². The third-order valence-electron chi connectivity index (χ3n) is 4.08. The summed E-state index contributed by atoms with van der Waals surface area (Å²) in [5, 5.41) is 12.8. The summed E-state index contributed by atoms with van der Waals surface area (Å²) in [6, 6.07) is 4.49. The molecule has 1 atom stereocenters. The zero-order chi connectivity index (χ0) is 18.7. The summed E-state index contributed by atoms with van der Waals surface area (Å²) >= 11 is 0. The van der Waals surface area contributed by atoms with Gasteiger partial charge in [0.1, 0.15) is 12.4 Å². The second-order valence-corrected chi connectivity index (χ2v) is 6.14. The van der Waals surface area contributed by atoms with Gasteiger partial charge in [0.2, 0.25) is 0 Å². The summed E-state index contributed by atoms with van der Waals surface area (Å²) in [6.07, 6.45) is -3.73. The lowest BCUT2D eigenvalue weighted by molar-refractivity contribution is -0.139. The van der Waals surface area contributed by atoms with Crippen molar-refractivity contribution in [1.29, 1.82) is 0 Å². The topological polar surface area (TPSA) is 79.0 Å². The Morgan fingerprint density at radius 3 is 2.85 bits per heavy atom. The highest BCUT2D eigenvalue weighted by Crippen LogP contribution is 2.35. The van der Waals surface area contributed by atoms with E-state index in [1.165, 1.54) is 18.2 Å². The van der Waals surface area contributed by atoms with Gasteiger partial charge in [0, 0.05) is 30.8 Å². The predicted molar refractivity (Wildman–Crippen MR) is 95.1 cm³/mol. The number of H-pyrrole nitrogens is 1. The van der Waals surface area contributed by atoms with Crippen molar-refractivity contribution in [2.75, 3.05) is 13.2 Å². The molecule has 1 aliphatic heterocycles. The number of fused-ring (bicyclic) bond motifs is 1. The molecule has 0 saturated carbocycles. The lowest BCUT2D eigenvalue weighted by atomic mass is 10.1. The largest absolute Gasteiger partial charge is 0.491 e. The van der Waals surface area contributed by atoms with E-state index in [4.69, 9.17) is 4.74 Å². The van der Waals surface area contributed by atoms with Gasteiger partial charge < -0.3 is 15.4 Å². The number of nitrogens with zero attached hydrogens (tertiary/aromatic N) is 1. The molecule has 2 aromatic rings.